The number of hydrogen-bond donors (Lipinski definition) is 1. The van der Waals surface area contributed by atoms with Crippen LogP contribution in [0.2, 0.25) is 0 Å². The molecule has 1 aromatic rings. The predicted octanol–water partition coefficient (Wildman–Crippen LogP) is 3.27. The summed E-state index contributed by atoms with van der Waals surface area (Å²) in [5.41, 5.74) is 1.16. The fourth-order valence-corrected chi connectivity index (χ4v) is 4.03. The van der Waals surface area contributed by atoms with Gasteiger partial charge in [0.15, 0.2) is 5.78 Å². The standard InChI is InChI=1S/C20H28N2O2/c1-15(23)17-6-5-7-18(12-17)20(24)21-13-16-10-11-22(14-16)19-8-3-2-4-9-19/h5-7,12,16,19H,2-4,8-11,13-14H2,1H3,(H,21,24). The molecule has 1 saturated heterocycles. The van der Waals surface area contributed by atoms with Crippen molar-refractivity contribution in [1.29, 1.82) is 0 Å². The van der Waals surface area contributed by atoms with Crippen LogP contribution in [0.15, 0.2) is 24.3 Å². The molecule has 1 aliphatic carbocycles. The van der Waals surface area contributed by atoms with Crippen LogP contribution in [0.25, 0.3) is 0 Å². The molecule has 0 aromatic heterocycles. The Bertz CT molecular complexity index is 593. The van der Waals surface area contributed by atoms with Gasteiger partial charge in [0.05, 0.1) is 0 Å². The maximum Gasteiger partial charge on any atom is 0.251 e. The summed E-state index contributed by atoms with van der Waals surface area (Å²) in [4.78, 5) is 26.4. The average molecular weight is 328 g/mol. The van der Waals surface area contributed by atoms with Crippen LogP contribution in [0.4, 0.5) is 0 Å². The molecule has 0 radical (unpaired) electrons. The lowest BCUT2D eigenvalue weighted by Crippen LogP contribution is -2.36. The highest BCUT2D eigenvalue weighted by atomic mass is 16.1. The fourth-order valence-electron chi connectivity index (χ4n) is 4.03. The molecule has 24 heavy (non-hydrogen) atoms. The zero-order chi connectivity index (χ0) is 16.9. The Kier molecular flexibility index (Phi) is 5.67. The molecule has 1 aliphatic heterocycles. The molecule has 1 N–H and O–H groups in total. The zero-order valence-electron chi connectivity index (χ0n) is 14.6. The molecule has 1 heterocycles. The Morgan fingerprint density at radius 1 is 1.12 bits per heavy atom. The summed E-state index contributed by atoms with van der Waals surface area (Å²) in [6.45, 7) is 4.53. The fraction of sp³-hybridized carbons (Fsp3) is 0.600. The molecule has 4 heteroatoms. The normalized spacial score (nSPS) is 22.5. The van der Waals surface area contributed by atoms with Gasteiger partial charge in [0.2, 0.25) is 0 Å². The van der Waals surface area contributed by atoms with E-state index >= 15 is 0 Å². The molecule has 4 nitrogen and oxygen atoms in total. The molecule has 130 valence electrons. The Morgan fingerprint density at radius 2 is 1.88 bits per heavy atom. The molecule has 1 aromatic carbocycles. The Labute approximate surface area is 144 Å². The van der Waals surface area contributed by atoms with E-state index < -0.39 is 0 Å². The van der Waals surface area contributed by atoms with Crippen molar-refractivity contribution < 1.29 is 9.59 Å². The van der Waals surface area contributed by atoms with E-state index in [1.54, 1.807) is 24.3 Å². The van der Waals surface area contributed by atoms with E-state index in [2.05, 4.69) is 10.2 Å². The molecule has 0 spiro atoms. The lowest BCUT2D eigenvalue weighted by atomic mass is 9.94. The van der Waals surface area contributed by atoms with Gasteiger partial charge in [-0.15, -0.1) is 0 Å². The minimum absolute atomic E-state index is 0.0106. The second-order valence-corrected chi connectivity index (χ2v) is 7.29. The van der Waals surface area contributed by atoms with Gasteiger partial charge in [0, 0.05) is 30.3 Å². The summed E-state index contributed by atoms with van der Waals surface area (Å²) in [7, 11) is 0. The van der Waals surface area contributed by atoms with Gasteiger partial charge in [-0.05, 0) is 50.8 Å². The zero-order valence-corrected chi connectivity index (χ0v) is 14.6. The first-order valence-electron chi connectivity index (χ1n) is 9.27. The summed E-state index contributed by atoms with van der Waals surface area (Å²) in [6.07, 6.45) is 7.99. The summed E-state index contributed by atoms with van der Waals surface area (Å²) in [5.74, 6) is 0.463. The molecular weight excluding hydrogens is 300 g/mol. The van der Waals surface area contributed by atoms with Crippen molar-refractivity contribution in [1.82, 2.24) is 10.2 Å². The summed E-state index contributed by atoms with van der Waals surface area (Å²) in [5, 5.41) is 3.05. The lowest BCUT2D eigenvalue weighted by molar-refractivity contribution is 0.0946. The Hall–Kier alpha value is -1.68. The highest BCUT2D eigenvalue weighted by Crippen LogP contribution is 2.27. The smallest absolute Gasteiger partial charge is 0.251 e. The Morgan fingerprint density at radius 3 is 2.62 bits per heavy atom. The minimum atomic E-state index is -0.0748. The highest BCUT2D eigenvalue weighted by molar-refractivity contribution is 5.99. The van der Waals surface area contributed by atoms with Gasteiger partial charge in [0.1, 0.15) is 0 Å². The number of benzene rings is 1. The van der Waals surface area contributed by atoms with Crippen LogP contribution in [0.1, 0.15) is 66.2 Å². The van der Waals surface area contributed by atoms with Gasteiger partial charge in [0.25, 0.3) is 5.91 Å². The number of carbonyl (C=O) groups is 2. The number of hydrogen-bond acceptors (Lipinski definition) is 3. The summed E-state index contributed by atoms with van der Waals surface area (Å²) < 4.78 is 0. The summed E-state index contributed by atoms with van der Waals surface area (Å²) in [6, 6.07) is 7.74. The molecule has 3 rings (SSSR count). The molecule has 1 unspecified atom stereocenters. The molecular formula is C20H28N2O2. The van der Waals surface area contributed by atoms with Crippen molar-refractivity contribution in [3.05, 3.63) is 35.4 Å². The maximum absolute atomic E-state index is 12.3. The second kappa shape index (κ2) is 7.93. The highest BCUT2D eigenvalue weighted by Gasteiger charge is 2.29. The first kappa shape index (κ1) is 17.2. The van der Waals surface area contributed by atoms with Gasteiger partial charge in [-0.2, -0.15) is 0 Å². The van der Waals surface area contributed by atoms with Crippen LogP contribution in [0, 0.1) is 5.92 Å². The number of likely N-dealkylation sites (tertiary alicyclic amines) is 1. The number of nitrogens with one attached hydrogen (secondary N) is 1. The Balaban J connectivity index is 1.48. The predicted molar refractivity (Wildman–Crippen MR) is 95.3 cm³/mol. The largest absolute Gasteiger partial charge is 0.352 e. The third-order valence-electron chi connectivity index (χ3n) is 5.49. The quantitative estimate of drug-likeness (QED) is 0.844. The first-order chi connectivity index (χ1) is 11.6. The van der Waals surface area contributed by atoms with Crippen LogP contribution >= 0.6 is 0 Å². The lowest BCUT2D eigenvalue weighted by Gasteiger charge is -2.31. The van der Waals surface area contributed by atoms with Gasteiger partial charge in [-0.3, -0.25) is 9.59 Å². The number of ketones is 1. The number of rotatable bonds is 5. The first-order valence-corrected chi connectivity index (χ1v) is 9.27. The van der Waals surface area contributed by atoms with Crippen molar-refractivity contribution in [3.63, 3.8) is 0 Å². The number of nitrogens with zero attached hydrogens (tertiary/aromatic N) is 1. The monoisotopic (exact) mass is 328 g/mol. The molecule has 1 amide bonds. The third-order valence-corrected chi connectivity index (χ3v) is 5.49. The van der Waals surface area contributed by atoms with Crippen LogP contribution in [-0.4, -0.2) is 42.3 Å². The SMILES string of the molecule is CC(=O)c1cccc(C(=O)NCC2CCN(C3CCCCC3)C2)c1. The molecule has 1 saturated carbocycles. The topological polar surface area (TPSA) is 49.4 Å². The van der Waals surface area contributed by atoms with Crippen LogP contribution in [0.3, 0.4) is 0 Å². The summed E-state index contributed by atoms with van der Waals surface area (Å²) >= 11 is 0. The van der Waals surface area contributed by atoms with Crippen molar-refractivity contribution >= 4 is 11.7 Å². The number of Topliss-reactive ketones (excluding diaryl/α,β-unsaturated/α-hetero) is 1. The molecule has 2 aliphatic rings. The minimum Gasteiger partial charge on any atom is -0.352 e. The van der Waals surface area contributed by atoms with Crippen LogP contribution in [-0.2, 0) is 0 Å². The van der Waals surface area contributed by atoms with Gasteiger partial charge in [-0.1, -0.05) is 31.4 Å². The van der Waals surface area contributed by atoms with Crippen molar-refractivity contribution in [2.24, 2.45) is 5.92 Å². The van der Waals surface area contributed by atoms with E-state index in [0.29, 0.717) is 17.0 Å². The second-order valence-electron chi connectivity index (χ2n) is 7.29. The van der Waals surface area contributed by atoms with Crippen molar-refractivity contribution in [3.8, 4) is 0 Å². The third kappa shape index (κ3) is 4.23. The van der Waals surface area contributed by atoms with E-state index in [4.69, 9.17) is 0 Å². The number of amides is 1. The van der Waals surface area contributed by atoms with E-state index in [9.17, 15) is 9.59 Å². The van der Waals surface area contributed by atoms with Crippen molar-refractivity contribution in [2.45, 2.75) is 51.5 Å². The average Bonchev–Trinajstić information content (AvgIpc) is 3.09. The van der Waals surface area contributed by atoms with Gasteiger partial charge >= 0.3 is 0 Å². The number of carbonyl (C=O) groups excluding carboxylic acids is 2. The van der Waals surface area contributed by atoms with Gasteiger partial charge < -0.3 is 10.2 Å². The molecule has 1 atom stereocenters. The molecule has 2 fully saturated rings. The van der Waals surface area contributed by atoms with E-state index in [1.165, 1.54) is 52.0 Å². The maximum atomic E-state index is 12.3. The van der Waals surface area contributed by atoms with Crippen molar-refractivity contribution in [2.75, 3.05) is 19.6 Å². The molecule has 0 bridgehead atoms. The van der Waals surface area contributed by atoms with E-state index in [0.717, 1.165) is 19.1 Å². The van der Waals surface area contributed by atoms with Crippen LogP contribution in [0.5, 0.6) is 0 Å². The van der Waals surface area contributed by atoms with Gasteiger partial charge in [-0.25, -0.2) is 0 Å². The van der Waals surface area contributed by atoms with E-state index in [1.807, 2.05) is 0 Å². The van der Waals surface area contributed by atoms with Crippen LogP contribution < -0.4 is 5.32 Å². The van der Waals surface area contributed by atoms with E-state index in [-0.39, 0.29) is 11.7 Å².